The first-order valence-electron chi connectivity index (χ1n) is 9.85. The monoisotopic (exact) mass is 376 g/mol. The zero-order valence-electron chi connectivity index (χ0n) is 15.5. The average molecular weight is 376 g/mol. The van der Waals surface area contributed by atoms with Crippen LogP contribution in [0.25, 0.3) is 0 Å². The maximum atomic E-state index is 12.4. The molecule has 150 valence electrons. The first kappa shape index (κ1) is 19.7. The van der Waals surface area contributed by atoms with Gasteiger partial charge in [-0.15, -0.1) is 0 Å². The Morgan fingerprint density at radius 2 is 1.69 bits per heavy atom. The van der Waals surface area contributed by atoms with Gasteiger partial charge in [-0.3, -0.25) is 4.90 Å². The van der Waals surface area contributed by atoms with Crippen LogP contribution in [0.1, 0.15) is 44.9 Å². The molecule has 3 heterocycles. The van der Waals surface area contributed by atoms with Crippen LogP contribution in [0.5, 0.6) is 0 Å². The van der Waals surface area contributed by atoms with Crippen molar-refractivity contribution >= 4 is 6.03 Å². The summed E-state index contributed by atoms with van der Waals surface area (Å²) in [5, 5.41) is 6.05. The van der Waals surface area contributed by atoms with Crippen molar-refractivity contribution in [3.05, 3.63) is 0 Å². The smallest absolute Gasteiger partial charge is 0.338 e. The van der Waals surface area contributed by atoms with E-state index in [-0.39, 0.29) is 18.0 Å². The molecular formula is C18H31F3N4O. The van der Waals surface area contributed by atoms with Crippen molar-refractivity contribution in [1.82, 2.24) is 20.4 Å². The summed E-state index contributed by atoms with van der Waals surface area (Å²) in [4.78, 5) is 16.1. The standard InChI is InChI=1S/C18H31F3N4O/c1-24-15-3-2-4-16(24)10-14(9-15)23-17(26)22-11-13-5-7-25(8-6-13)12-18(19,20)21/h13-16H,2-12H2,1H3,(H2,22,23,26). The molecular weight excluding hydrogens is 345 g/mol. The third-order valence-corrected chi connectivity index (χ3v) is 6.34. The second-order valence-electron chi connectivity index (χ2n) is 8.26. The van der Waals surface area contributed by atoms with Crippen LogP contribution < -0.4 is 10.6 Å². The number of hydrogen-bond acceptors (Lipinski definition) is 3. The van der Waals surface area contributed by atoms with Gasteiger partial charge in [0.05, 0.1) is 6.54 Å². The van der Waals surface area contributed by atoms with Crippen molar-refractivity contribution in [1.29, 1.82) is 0 Å². The van der Waals surface area contributed by atoms with Gasteiger partial charge in [0, 0.05) is 24.7 Å². The predicted octanol–water partition coefficient (Wildman–Crippen LogP) is 2.58. The van der Waals surface area contributed by atoms with Crippen LogP contribution in [-0.2, 0) is 0 Å². The van der Waals surface area contributed by atoms with Crippen molar-refractivity contribution in [3.8, 4) is 0 Å². The van der Waals surface area contributed by atoms with Gasteiger partial charge in [0.15, 0.2) is 0 Å². The highest BCUT2D eigenvalue weighted by Gasteiger charge is 2.36. The van der Waals surface area contributed by atoms with Crippen LogP contribution in [0.3, 0.4) is 0 Å². The molecule has 2 unspecified atom stereocenters. The van der Waals surface area contributed by atoms with Crippen LogP contribution in [0, 0.1) is 5.92 Å². The molecule has 0 spiro atoms. The van der Waals surface area contributed by atoms with E-state index in [9.17, 15) is 18.0 Å². The van der Waals surface area contributed by atoms with E-state index in [2.05, 4.69) is 22.6 Å². The summed E-state index contributed by atoms with van der Waals surface area (Å²) >= 11 is 0. The van der Waals surface area contributed by atoms with Gasteiger partial charge >= 0.3 is 12.2 Å². The summed E-state index contributed by atoms with van der Waals surface area (Å²) in [6.45, 7) is 0.620. The van der Waals surface area contributed by atoms with Gasteiger partial charge in [0.25, 0.3) is 0 Å². The minimum absolute atomic E-state index is 0.129. The van der Waals surface area contributed by atoms with Gasteiger partial charge in [0.1, 0.15) is 0 Å². The minimum Gasteiger partial charge on any atom is -0.338 e. The number of hydrogen-bond donors (Lipinski definition) is 2. The van der Waals surface area contributed by atoms with Crippen molar-refractivity contribution < 1.29 is 18.0 Å². The van der Waals surface area contributed by atoms with E-state index in [1.807, 2.05) is 0 Å². The molecule has 2 amide bonds. The van der Waals surface area contributed by atoms with Gasteiger partial charge in [-0.2, -0.15) is 13.2 Å². The van der Waals surface area contributed by atoms with E-state index in [0.29, 0.717) is 44.6 Å². The summed E-state index contributed by atoms with van der Waals surface area (Å²) < 4.78 is 37.2. The molecule has 3 rings (SSSR count). The number of carbonyl (C=O) groups is 1. The number of amides is 2. The molecule has 2 N–H and O–H groups in total. The number of likely N-dealkylation sites (tertiary alicyclic amines) is 1. The van der Waals surface area contributed by atoms with E-state index in [1.165, 1.54) is 24.2 Å². The second-order valence-corrected chi connectivity index (χ2v) is 8.26. The molecule has 3 aliphatic rings. The number of alkyl halides is 3. The lowest BCUT2D eigenvalue weighted by molar-refractivity contribution is -0.148. The lowest BCUT2D eigenvalue weighted by atomic mass is 9.82. The van der Waals surface area contributed by atoms with E-state index in [4.69, 9.17) is 0 Å². The van der Waals surface area contributed by atoms with E-state index in [1.54, 1.807) is 0 Å². The van der Waals surface area contributed by atoms with Crippen molar-refractivity contribution in [2.75, 3.05) is 33.2 Å². The molecule has 0 radical (unpaired) electrons. The highest BCUT2D eigenvalue weighted by Crippen LogP contribution is 2.32. The lowest BCUT2D eigenvalue weighted by Crippen LogP contribution is -2.56. The molecule has 0 aromatic rings. The lowest BCUT2D eigenvalue weighted by Gasteiger charge is -2.47. The molecule has 2 bridgehead atoms. The zero-order chi connectivity index (χ0) is 18.7. The molecule has 0 saturated carbocycles. The third kappa shape index (κ3) is 5.49. The molecule has 2 atom stereocenters. The zero-order valence-corrected chi connectivity index (χ0v) is 15.5. The Bertz CT molecular complexity index is 466. The molecule has 26 heavy (non-hydrogen) atoms. The number of carbonyl (C=O) groups excluding carboxylic acids is 1. The number of halogens is 3. The molecule has 5 nitrogen and oxygen atoms in total. The Kier molecular flexibility index (Phi) is 6.33. The summed E-state index contributed by atoms with van der Waals surface area (Å²) in [6, 6.07) is 1.25. The normalized spacial score (nSPS) is 31.6. The molecule has 0 aromatic heterocycles. The topological polar surface area (TPSA) is 47.6 Å². The Balaban J connectivity index is 1.34. The highest BCUT2D eigenvalue weighted by molar-refractivity contribution is 5.74. The molecule has 0 aliphatic carbocycles. The predicted molar refractivity (Wildman–Crippen MR) is 94.0 cm³/mol. The number of fused-ring (bicyclic) bond motifs is 2. The summed E-state index contributed by atoms with van der Waals surface area (Å²) in [6.07, 6.45) is 3.01. The maximum absolute atomic E-state index is 12.4. The number of piperidine rings is 3. The summed E-state index contributed by atoms with van der Waals surface area (Å²) in [7, 11) is 2.19. The van der Waals surface area contributed by atoms with Crippen molar-refractivity contribution in [2.45, 2.75) is 69.2 Å². The first-order chi connectivity index (χ1) is 12.3. The van der Waals surface area contributed by atoms with Gasteiger partial charge in [-0.05, 0) is 64.6 Å². The summed E-state index contributed by atoms with van der Waals surface area (Å²) in [5.41, 5.74) is 0. The Morgan fingerprint density at radius 1 is 1.08 bits per heavy atom. The van der Waals surface area contributed by atoms with E-state index in [0.717, 1.165) is 12.8 Å². The van der Waals surface area contributed by atoms with Gasteiger partial charge in [-0.25, -0.2) is 4.79 Å². The van der Waals surface area contributed by atoms with Crippen molar-refractivity contribution in [3.63, 3.8) is 0 Å². The summed E-state index contributed by atoms with van der Waals surface area (Å²) in [5.74, 6) is 0.266. The highest BCUT2D eigenvalue weighted by atomic mass is 19.4. The quantitative estimate of drug-likeness (QED) is 0.793. The fraction of sp³-hybridized carbons (Fsp3) is 0.944. The third-order valence-electron chi connectivity index (χ3n) is 6.34. The number of nitrogens with one attached hydrogen (secondary N) is 2. The van der Waals surface area contributed by atoms with Crippen LogP contribution in [0.4, 0.5) is 18.0 Å². The molecule has 0 aromatic carbocycles. The number of urea groups is 1. The second kappa shape index (κ2) is 8.33. The van der Waals surface area contributed by atoms with Crippen LogP contribution in [-0.4, -0.2) is 73.4 Å². The van der Waals surface area contributed by atoms with Crippen molar-refractivity contribution in [2.24, 2.45) is 5.92 Å². The maximum Gasteiger partial charge on any atom is 0.401 e. The number of rotatable bonds is 4. The minimum atomic E-state index is -4.13. The van der Waals surface area contributed by atoms with Crippen LogP contribution in [0.2, 0.25) is 0 Å². The largest absolute Gasteiger partial charge is 0.401 e. The molecule has 8 heteroatoms. The molecule has 3 saturated heterocycles. The van der Waals surface area contributed by atoms with Crippen LogP contribution >= 0.6 is 0 Å². The van der Waals surface area contributed by atoms with E-state index >= 15 is 0 Å². The number of nitrogens with zero attached hydrogens (tertiary/aromatic N) is 2. The van der Waals surface area contributed by atoms with Gasteiger partial charge < -0.3 is 15.5 Å². The van der Waals surface area contributed by atoms with Gasteiger partial charge in [-0.1, -0.05) is 6.42 Å². The van der Waals surface area contributed by atoms with Gasteiger partial charge in [0.2, 0.25) is 0 Å². The Hall–Kier alpha value is -1.02. The van der Waals surface area contributed by atoms with Crippen LogP contribution in [0.15, 0.2) is 0 Å². The average Bonchev–Trinajstić information content (AvgIpc) is 2.54. The Morgan fingerprint density at radius 3 is 2.27 bits per heavy atom. The SMILES string of the molecule is CN1C2CCCC1CC(NC(=O)NCC1CCN(CC(F)(F)F)CC1)C2. The van der Waals surface area contributed by atoms with E-state index < -0.39 is 12.7 Å². The fourth-order valence-electron chi connectivity index (χ4n) is 4.81. The molecule has 3 fully saturated rings. The fourth-order valence-corrected chi connectivity index (χ4v) is 4.81. The molecule has 3 aliphatic heterocycles. The first-order valence-corrected chi connectivity index (χ1v) is 9.85. The Labute approximate surface area is 153 Å².